The molecule has 11 heteroatoms. The third-order valence-electron chi connectivity index (χ3n) is 5.42. The van der Waals surface area contributed by atoms with E-state index in [1.165, 1.54) is 17.0 Å². The molecule has 2 N–H and O–H groups in total. The van der Waals surface area contributed by atoms with Gasteiger partial charge in [0.2, 0.25) is 10.0 Å². The summed E-state index contributed by atoms with van der Waals surface area (Å²) in [5.74, 6) is -0.0775. The van der Waals surface area contributed by atoms with Gasteiger partial charge >= 0.3 is 6.03 Å². The Hall–Kier alpha value is -2.53. The van der Waals surface area contributed by atoms with E-state index in [4.69, 9.17) is 9.47 Å². The molecule has 0 aliphatic carbocycles. The van der Waals surface area contributed by atoms with Crippen LogP contribution in [-0.4, -0.2) is 88.5 Å². The Morgan fingerprint density at radius 1 is 1.24 bits per heavy atom. The highest BCUT2D eigenvalue weighted by Crippen LogP contribution is 2.26. The predicted molar refractivity (Wildman–Crippen MR) is 127 cm³/mol. The van der Waals surface area contributed by atoms with Gasteiger partial charge in [-0.1, -0.05) is 6.92 Å². The van der Waals surface area contributed by atoms with Crippen LogP contribution >= 0.6 is 0 Å². The molecule has 1 heterocycles. The van der Waals surface area contributed by atoms with Gasteiger partial charge in [0.15, 0.2) is 0 Å². The van der Waals surface area contributed by atoms with Crippen molar-refractivity contribution in [3.8, 4) is 5.75 Å². The van der Waals surface area contributed by atoms with Gasteiger partial charge in [0.25, 0.3) is 5.91 Å². The Bertz CT molecular complexity index is 952. The molecular formula is C22H36N4O6S. The fourth-order valence-corrected chi connectivity index (χ4v) is 4.22. The van der Waals surface area contributed by atoms with E-state index in [0.717, 1.165) is 6.26 Å². The Balaban J connectivity index is 2.47. The first-order chi connectivity index (χ1) is 15.3. The quantitative estimate of drug-likeness (QED) is 0.675. The third kappa shape index (κ3) is 7.50. The first-order valence-electron chi connectivity index (χ1n) is 10.9. The molecule has 1 aromatic rings. The Labute approximate surface area is 196 Å². The highest BCUT2D eigenvalue weighted by Gasteiger charge is 2.30. The van der Waals surface area contributed by atoms with Gasteiger partial charge in [-0.25, -0.2) is 13.2 Å². The van der Waals surface area contributed by atoms with Crippen LogP contribution in [0.1, 0.15) is 38.1 Å². The predicted octanol–water partition coefficient (Wildman–Crippen LogP) is 1.98. The second-order valence-electron chi connectivity index (χ2n) is 8.94. The molecule has 1 aromatic carbocycles. The molecule has 3 atom stereocenters. The first-order valence-corrected chi connectivity index (χ1v) is 12.8. The second kappa shape index (κ2) is 11.1. The van der Waals surface area contributed by atoms with E-state index < -0.39 is 10.0 Å². The zero-order valence-corrected chi connectivity index (χ0v) is 21.2. The van der Waals surface area contributed by atoms with Gasteiger partial charge in [0, 0.05) is 44.9 Å². The molecule has 0 saturated carbocycles. The lowest BCUT2D eigenvalue weighted by Gasteiger charge is -2.36. The SMILES string of the molecule is CO[C@H]1CN(C)C(=O)c2cc(NS(C)(=O)=O)ccc2OC[C@@H](C)N(C(=O)NC(C)C)C[C@@H]1C. The van der Waals surface area contributed by atoms with Crippen molar-refractivity contribution < 1.29 is 27.5 Å². The minimum atomic E-state index is -3.52. The van der Waals surface area contributed by atoms with Gasteiger partial charge in [-0.3, -0.25) is 9.52 Å². The van der Waals surface area contributed by atoms with Crippen LogP contribution in [0, 0.1) is 5.92 Å². The summed E-state index contributed by atoms with van der Waals surface area (Å²) in [6, 6.07) is 4.04. The van der Waals surface area contributed by atoms with Crippen molar-refractivity contribution in [3.05, 3.63) is 23.8 Å². The fourth-order valence-electron chi connectivity index (χ4n) is 3.67. The molecule has 10 nitrogen and oxygen atoms in total. The molecule has 0 radical (unpaired) electrons. The normalized spacial score (nSPS) is 22.7. The molecule has 0 saturated heterocycles. The standard InChI is InChI=1S/C22H36N4O6S/c1-14(2)23-22(28)26-11-15(3)20(31-6)12-25(5)21(27)18-10-17(24-33(7,29)30)8-9-19(18)32-13-16(26)4/h8-10,14-16,20,24H,11-13H2,1-7H3,(H,23,28)/t15-,16+,20-/m0/s1. The van der Waals surface area contributed by atoms with Crippen LogP contribution in [-0.2, 0) is 14.8 Å². The van der Waals surface area contributed by atoms with Crippen LogP contribution in [0.2, 0.25) is 0 Å². The molecule has 3 amide bonds. The fraction of sp³-hybridized carbons (Fsp3) is 0.636. The van der Waals surface area contributed by atoms with Crippen molar-refractivity contribution in [2.45, 2.75) is 45.9 Å². The Morgan fingerprint density at radius 3 is 2.48 bits per heavy atom. The van der Waals surface area contributed by atoms with E-state index in [-0.39, 0.29) is 60.4 Å². The lowest BCUT2D eigenvalue weighted by Crippen LogP contribution is -2.52. The number of amides is 3. The molecule has 186 valence electrons. The highest BCUT2D eigenvalue weighted by molar-refractivity contribution is 7.92. The number of urea groups is 1. The zero-order chi connectivity index (χ0) is 24.9. The summed E-state index contributed by atoms with van der Waals surface area (Å²) in [6.45, 7) is 8.52. The summed E-state index contributed by atoms with van der Waals surface area (Å²) in [5.41, 5.74) is 0.482. The Kier molecular flexibility index (Phi) is 8.96. The number of nitrogens with one attached hydrogen (secondary N) is 2. The molecule has 0 aromatic heterocycles. The van der Waals surface area contributed by atoms with Crippen LogP contribution < -0.4 is 14.8 Å². The van der Waals surface area contributed by atoms with E-state index in [1.807, 2.05) is 27.7 Å². The van der Waals surface area contributed by atoms with Gasteiger partial charge < -0.3 is 24.6 Å². The van der Waals surface area contributed by atoms with E-state index in [0.29, 0.717) is 12.3 Å². The molecule has 0 unspecified atom stereocenters. The third-order valence-corrected chi connectivity index (χ3v) is 6.03. The van der Waals surface area contributed by atoms with Crippen LogP contribution in [0.3, 0.4) is 0 Å². The number of hydrogen-bond acceptors (Lipinski definition) is 6. The maximum atomic E-state index is 13.3. The molecule has 1 aliphatic heterocycles. The van der Waals surface area contributed by atoms with Crippen LogP contribution in [0.4, 0.5) is 10.5 Å². The van der Waals surface area contributed by atoms with Crippen molar-refractivity contribution in [2.24, 2.45) is 5.92 Å². The molecule has 33 heavy (non-hydrogen) atoms. The average molecular weight is 485 g/mol. The minimum Gasteiger partial charge on any atom is -0.491 e. The minimum absolute atomic E-state index is 0.0224. The number of likely N-dealkylation sites (N-methyl/N-ethyl adjacent to an activating group) is 1. The molecule has 0 bridgehead atoms. The number of carbonyl (C=O) groups is 2. The van der Waals surface area contributed by atoms with Crippen LogP contribution in [0.15, 0.2) is 18.2 Å². The monoisotopic (exact) mass is 484 g/mol. The summed E-state index contributed by atoms with van der Waals surface area (Å²) in [7, 11) is -0.283. The zero-order valence-electron chi connectivity index (χ0n) is 20.4. The summed E-state index contributed by atoms with van der Waals surface area (Å²) >= 11 is 0. The van der Waals surface area contributed by atoms with Gasteiger partial charge in [-0.05, 0) is 39.0 Å². The number of nitrogens with zero attached hydrogens (tertiary/aromatic N) is 2. The van der Waals surface area contributed by atoms with Crippen LogP contribution in [0.25, 0.3) is 0 Å². The number of carbonyl (C=O) groups excluding carboxylic acids is 2. The topological polar surface area (TPSA) is 117 Å². The lowest BCUT2D eigenvalue weighted by atomic mass is 10.0. The van der Waals surface area contributed by atoms with Gasteiger partial charge in [0.1, 0.15) is 12.4 Å². The van der Waals surface area contributed by atoms with E-state index in [9.17, 15) is 18.0 Å². The summed E-state index contributed by atoms with van der Waals surface area (Å²) in [4.78, 5) is 29.4. The van der Waals surface area contributed by atoms with Crippen molar-refractivity contribution in [2.75, 3.05) is 44.8 Å². The second-order valence-corrected chi connectivity index (χ2v) is 10.7. The smallest absolute Gasteiger partial charge is 0.317 e. The largest absolute Gasteiger partial charge is 0.491 e. The first kappa shape index (κ1) is 26.7. The molecule has 2 rings (SSSR count). The van der Waals surface area contributed by atoms with Crippen molar-refractivity contribution in [1.29, 1.82) is 0 Å². The summed E-state index contributed by atoms with van der Waals surface area (Å²) < 4.78 is 37.4. The average Bonchev–Trinajstić information content (AvgIpc) is 2.71. The number of anilines is 1. The molecule has 1 aliphatic rings. The summed E-state index contributed by atoms with van der Waals surface area (Å²) in [5, 5.41) is 2.93. The summed E-state index contributed by atoms with van der Waals surface area (Å²) in [6.07, 6.45) is 0.724. The van der Waals surface area contributed by atoms with E-state index in [2.05, 4.69) is 10.0 Å². The number of ether oxygens (including phenoxy) is 2. The Morgan fingerprint density at radius 2 is 1.91 bits per heavy atom. The van der Waals surface area contributed by atoms with E-state index in [1.54, 1.807) is 25.1 Å². The highest BCUT2D eigenvalue weighted by atomic mass is 32.2. The number of benzene rings is 1. The van der Waals surface area contributed by atoms with Crippen molar-refractivity contribution >= 4 is 27.6 Å². The number of sulfonamides is 1. The molecular weight excluding hydrogens is 448 g/mol. The van der Waals surface area contributed by atoms with E-state index >= 15 is 0 Å². The molecule has 0 spiro atoms. The number of hydrogen-bond donors (Lipinski definition) is 2. The number of methoxy groups -OCH3 is 1. The van der Waals surface area contributed by atoms with Crippen molar-refractivity contribution in [1.82, 2.24) is 15.1 Å². The van der Waals surface area contributed by atoms with Gasteiger partial charge in [-0.15, -0.1) is 0 Å². The van der Waals surface area contributed by atoms with Crippen LogP contribution in [0.5, 0.6) is 5.75 Å². The van der Waals surface area contributed by atoms with Gasteiger partial charge in [0.05, 0.1) is 24.0 Å². The lowest BCUT2D eigenvalue weighted by molar-refractivity contribution is 0.0165. The van der Waals surface area contributed by atoms with Crippen molar-refractivity contribution in [3.63, 3.8) is 0 Å². The maximum Gasteiger partial charge on any atom is 0.317 e. The number of rotatable bonds is 4. The number of fused-ring (bicyclic) bond motifs is 1. The molecule has 0 fully saturated rings. The maximum absolute atomic E-state index is 13.3. The van der Waals surface area contributed by atoms with Gasteiger partial charge in [-0.2, -0.15) is 0 Å².